The van der Waals surface area contributed by atoms with Gasteiger partial charge in [-0.2, -0.15) is 0 Å². The van der Waals surface area contributed by atoms with Crippen LogP contribution in [0.15, 0.2) is 30.3 Å². The number of rotatable bonds is 2. The fraction of sp³-hybridized carbons (Fsp3) is 0.385. The summed E-state index contributed by atoms with van der Waals surface area (Å²) < 4.78 is 0. The number of hydrogen-bond acceptors (Lipinski definition) is 3. The number of benzene rings is 1. The highest BCUT2D eigenvalue weighted by atomic mass is 32.1. The maximum Gasteiger partial charge on any atom is 0.147 e. The lowest BCUT2D eigenvalue weighted by Crippen LogP contribution is -2.08. The van der Waals surface area contributed by atoms with E-state index >= 15 is 0 Å². The minimum atomic E-state index is 0.271. The highest BCUT2D eigenvalue weighted by Crippen LogP contribution is 2.27. The SMILES string of the molecule is CC(C)(C)Cc1nnc(-c2ccccc2)s1. The summed E-state index contributed by atoms with van der Waals surface area (Å²) in [6.45, 7) is 6.66. The third kappa shape index (κ3) is 2.89. The van der Waals surface area contributed by atoms with Crippen LogP contribution in [0, 0.1) is 5.41 Å². The molecule has 0 N–H and O–H groups in total. The molecule has 16 heavy (non-hydrogen) atoms. The second kappa shape index (κ2) is 4.34. The highest BCUT2D eigenvalue weighted by Gasteiger charge is 2.15. The van der Waals surface area contributed by atoms with Crippen molar-refractivity contribution in [2.24, 2.45) is 5.41 Å². The van der Waals surface area contributed by atoms with Crippen molar-refractivity contribution in [1.82, 2.24) is 10.2 Å². The lowest BCUT2D eigenvalue weighted by atomic mass is 9.93. The van der Waals surface area contributed by atoms with Crippen LogP contribution in [-0.4, -0.2) is 10.2 Å². The first-order valence-corrected chi connectivity index (χ1v) is 6.24. The zero-order chi connectivity index (χ0) is 11.6. The largest absolute Gasteiger partial charge is 0.147 e. The van der Waals surface area contributed by atoms with Gasteiger partial charge < -0.3 is 0 Å². The Morgan fingerprint density at radius 3 is 2.38 bits per heavy atom. The summed E-state index contributed by atoms with van der Waals surface area (Å²) in [6, 6.07) is 10.2. The van der Waals surface area contributed by atoms with Crippen molar-refractivity contribution in [2.45, 2.75) is 27.2 Å². The summed E-state index contributed by atoms with van der Waals surface area (Å²) in [5.41, 5.74) is 1.42. The normalized spacial score (nSPS) is 11.7. The van der Waals surface area contributed by atoms with E-state index < -0.39 is 0 Å². The summed E-state index contributed by atoms with van der Waals surface area (Å²) in [7, 11) is 0. The second-order valence-corrected chi connectivity index (χ2v) is 6.17. The molecule has 2 rings (SSSR count). The van der Waals surface area contributed by atoms with Crippen molar-refractivity contribution in [3.8, 4) is 10.6 Å². The molecule has 0 aliphatic rings. The van der Waals surface area contributed by atoms with Gasteiger partial charge in [0.15, 0.2) is 0 Å². The molecule has 0 radical (unpaired) electrons. The van der Waals surface area contributed by atoms with Crippen LogP contribution in [0.2, 0.25) is 0 Å². The Kier molecular flexibility index (Phi) is 3.06. The van der Waals surface area contributed by atoms with Gasteiger partial charge in [-0.3, -0.25) is 0 Å². The predicted molar refractivity (Wildman–Crippen MR) is 68.5 cm³/mol. The Morgan fingerprint density at radius 2 is 1.75 bits per heavy atom. The van der Waals surface area contributed by atoms with Crippen LogP contribution >= 0.6 is 11.3 Å². The van der Waals surface area contributed by atoms with Gasteiger partial charge in [0, 0.05) is 12.0 Å². The molecule has 0 fully saturated rings. The fourth-order valence-corrected chi connectivity index (χ4v) is 2.62. The van der Waals surface area contributed by atoms with Gasteiger partial charge in [-0.1, -0.05) is 62.4 Å². The summed E-state index contributed by atoms with van der Waals surface area (Å²) in [5, 5.41) is 10.6. The molecule has 1 heterocycles. The third-order valence-corrected chi connectivity index (χ3v) is 3.14. The standard InChI is InChI=1S/C13H16N2S/c1-13(2,3)9-11-14-15-12(16-11)10-7-5-4-6-8-10/h4-8H,9H2,1-3H3. The first-order chi connectivity index (χ1) is 7.54. The molecule has 0 bridgehead atoms. The van der Waals surface area contributed by atoms with E-state index in [0.717, 1.165) is 22.0 Å². The Morgan fingerprint density at radius 1 is 1.06 bits per heavy atom. The third-order valence-electron chi connectivity index (χ3n) is 2.17. The van der Waals surface area contributed by atoms with E-state index in [1.54, 1.807) is 11.3 Å². The summed E-state index contributed by atoms with van der Waals surface area (Å²) in [6.07, 6.45) is 0.984. The predicted octanol–water partition coefficient (Wildman–Crippen LogP) is 3.79. The molecule has 0 aliphatic heterocycles. The van der Waals surface area contributed by atoms with Gasteiger partial charge in [-0.25, -0.2) is 0 Å². The lowest BCUT2D eigenvalue weighted by molar-refractivity contribution is 0.409. The van der Waals surface area contributed by atoms with Crippen molar-refractivity contribution < 1.29 is 0 Å². The van der Waals surface area contributed by atoms with E-state index in [2.05, 4.69) is 43.1 Å². The molecule has 1 aromatic heterocycles. The molecule has 2 aromatic rings. The first-order valence-electron chi connectivity index (χ1n) is 5.42. The molecule has 0 amide bonds. The molecule has 0 saturated heterocycles. The van der Waals surface area contributed by atoms with Gasteiger partial charge >= 0.3 is 0 Å². The van der Waals surface area contributed by atoms with Gasteiger partial charge in [0.2, 0.25) is 0 Å². The quantitative estimate of drug-likeness (QED) is 0.787. The summed E-state index contributed by atoms with van der Waals surface area (Å²) >= 11 is 1.69. The van der Waals surface area contributed by atoms with E-state index in [1.807, 2.05) is 18.2 Å². The lowest BCUT2D eigenvalue weighted by Gasteiger charge is -2.14. The minimum absolute atomic E-state index is 0.271. The molecule has 0 unspecified atom stereocenters. The van der Waals surface area contributed by atoms with Gasteiger partial charge in [0.1, 0.15) is 10.0 Å². The molecule has 2 nitrogen and oxygen atoms in total. The van der Waals surface area contributed by atoms with Crippen LogP contribution in [0.5, 0.6) is 0 Å². The molecule has 3 heteroatoms. The second-order valence-electron chi connectivity index (χ2n) is 5.10. The van der Waals surface area contributed by atoms with Crippen molar-refractivity contribution in [3.05, 3.63) is 35.3 Å². The van der Waals surface area contributed by atoms with Crippen molar-refractivity contribution in [2.75, 3.05) is 0 Å². The Labute approximate surface area is 100 Å². The van der Waals surface area contributed by atoms with Crippen LogP contribution in [0.4, 0.5) is 0 Å². The van der Waals surface area contributed by atoms with E-state index in [1.165, 1.54) is 0 Å². The molecule has 0 saturated carbocycles. The van der Waals surface area contributed by atoms with Crippen molar-refractivity contribution >= 4 is 11.3 Å². The number of hydrogen-bond donors (Lipinski definition) is 0. The van der Waals surface area contributed by atoms with Crippen LogP contribution < -0.4 is 0 Å². The van der Waals surface area contributed by atoms with Crippen LogP contribution in [0.1, 0.15) is 25.8 Å². The Balaban J connectivity index is 2.21. The fourth-order valence-electron chi connectivity index (χ4n) is 1.48. The van der Waals surface area contributed by atoms with E-state index in [9.17, 15) is 0 Å². The summed E-state index contributed by atoms with van der Waals surface area (Å²) in [5.74, 6) is 0. The van der Waals surface area contributed by atoms with Crippen LogP contribution in [-0.2, 0) is 6.42 Å². The van der Waals surface area contributed by atoms with Gasteiger partial charge in [-0.05, 0) is 5.41 Å². The smallest absolute Gasteiger partial charge is 0.143 e. The monoisotopic (exact) mass is 232 g/mol. The van der Waals surface area contributed by atoms with E-state index in [4.69, 9.17) is 0 Å². The summed E-state index contributed by atoms with van der Waals surface area (Å²) in [4.78, 5) is 0. The highest BCUT2D eigenvalue weighted by molar-refractivity contribution is 7.14. The topological polar surface area (TPSA) is 25.8 Å². The van der Waals surface area contributed by atoms with E-state index in [-0.39, 0.29) is 5.41 Å². The molecular weight excluding hydrogens is 216 g/mol. The average molecular weight is 232 g/mol. The maximum absolute atomic E-state index is 4.25. The van der Waals surface area contributed by atoms with Gasteiger partial charge in [0.05, 0.1) is 0 Å². The first kappa shape index (κ1) is 11.3. The van der Waals surface area contributed by atoms with Crippen molar-refractivity contribution in [1.29, 1.82) is 0 Å². The zero-order valence-electron chi connectivity index (χ0n) is 9.90. The maximum atomic E-state index is 4.25. The van der Waals surface area contributed by atoms with Crippen LogP contribution in [0.25, 0.3) is 10.6 Å². The molecule has 0 atom stereocenters. The number of nitrogens with zero attached hydrogens (tertiary/aromatic N) is 2. The molecular formula is C13H16N2S. The van der Waals surface area contributed by atoms with Crippen molar-refractivity contribution in [3.63, 3.8) is 0 Å². The molecule has 1 aromatic carbocycles. The molecule has 84 valence electrons. The molecule has 0 aliphatic carbocycles. The molecule has 0 spiro atoms. The average Bonchev–Trinajstić information content (AvgIpc) is 2.65. The minimum Gasteiger partial charge on any atom is -0.143 e. The van der Waals surface area contributed by atoms with E-state index in [0.29, 0.717) is 0 Å². The Bertz CT molecular complexity index is 454. The van der Waals surface area contributed by atoms with Crippen LogP contribution in [0.3, 0.4) is 0 Å². The van der Waals surface area contributed by atoms with Gasteiger partial charge in [0.25, 0.3) is 0 Å². The van der Waals surface area contributed by atoms with Gasteiger partial charge in [-0.15, -0.1) is 10.2 Å². The Hall–Kier alpha value is -1.22. The number of aromatic nitrogens is 2. The zero-order valence-corrected chi connectivity index (χ0v) is 10.7.